The van der Waals surface area contributed by atoms with Crippen molar-refractivity contribution in [1.82, 2.24) is 4.72 Å². The highest BCUT2D eigenvalue weighted by Crippen LogP contribution is 2.31. The summed E-state index contributed by atoms with van der Waals surface area (Å²) in [6.07, 6.45) is 0.261. The van der Waals surface area contributed by atoms with E-state index in [1.165, 1.54) is 12.1 Å². The minimum atomic E-state index is -3.89. The van der Waals surface area contributed by atoms with Crippen LogP contribution < -0.4 is 10.5 Å². The Morgan fingerprint density at radius 2 is 1.95 bits per heavy atom. The van der Waals surface area contributed by atoms with Gasteiger partial charge in [-0.25, -0.2) is 13.1 Å². The summed E-state index contributed by atoms with van der Waals surface area (Å²) in [6, 6.07) is 2.63. The third-order valence-corrected chi connectivity index (χ3v) is 4.90. The van der Waals surface area contributed by atoms with Gasteiger partial charge in [-0.3, -0.25) is 0 Å². The van der Waals surface area contributed by atoms with Crippen LogP contribution >= 0.6 is 23.2 Å². The van der Waals surface area contributed by atoms with Crippen molar-refractivity contribution in [3.63, 3.8) is 0 Å². The number of nitrogen functional groups attached to an aromatic ring is 1. The molecule has 0 bridgehead atoms. The Bertz CT molecular complexity index is 550. The second-order valence-corrected chi connectivity index (χ2v) is 7.23. The molecule has 4 N–H and O–H groups in total. The molecular formula is C11H16Cl2N2O3S. The summed E-state index contributed by atoms with van der Waals surface area (Å²) in [6.45, 7) is 3.17. The van der Waals surface area contributed by atoms with Crippen molar-refractivity contribution in [3.8, 4) is 0 Å². The molecule has 0 saturated heterocycles. The fourth-order valence-electron chi connectivity index (χ4n) is 1.61. The second kappa shape index (κ2) is 5.85. The summed E-state index contributed by atoms with van der Waals surface area (Å²) in [4.78, 5) is -0.204. The third-order valence-electron chi connectivity index (χ3n) is 2.45. The number of hydrogen-bond acceptors (Lipinski definition) is 4. The Hall–Kier alpha value is -0.530. The van der Waals surface area contributed by atoms with Crippen LogP contribution in [0.1, 0.15) is 20.3 Å². The van der Waals surface area contributed by atoms with Crippen molar-refractivity contribution in [1.29, 1.82) is 0 Å². The van der Waals surface area contributed by atoms with Crippen LogP contribution in [0.25, 0.3) is 0 Å². The molecule has 0 aromatic heterocycles. The number of benzene rings is 1. The first-order chi connectivity index (χ1) is 8.59. The van der Waals surface area contributed by atoms with Gasteiger partial charge in [0.05, 0.1) is 10.7 Å². The van der Waals surface area contributed by atoms with E-state index >= 15 is 0 Å². The quantitative estimate of drug-likeness (QED) is 0.721. The first-order valence-electron chi connectivity index (χ1n) is 5.48. The molecule has 0 amide bonds. The van der Waals surface area contributed by atoms with E-state index in [9.17, 15) is 8.42 Å². The lowest BCUT2D eigenvalue weighted by molar-refractivity contribution is 0.246. The van der Waals surface area contributed by atoms with E-state index in [-0.39, 0.29) is 33.7 Å². The van der Waals surface area contributed by atoms with E-state index in [4.69, 9.17) is 34.0 Å². The summed E-state index contributed by atoms with van der Waals surface area (Å²) in [5.41, 5.74) is 4.82. The molecule has 1 aromatic rings. The van der Waals surface area contributed by atoms with Gasteiger partial charge in [0.1, 0.15) is 4.90 Å². The number of rotatable bonds is 5. The zero-order valence-electron chi connectivity index (χ0n) is 10.6. The SMILES string of the molecule is CC(C)(CCO)NS(=O)(=O)c1c(N)cc(Cl)cc1Cl. The molecule has 8 heteroatoms. The molecular weight excluding hydrogens is 311 g/mol. The lowest BCUT2D eigenvalue weighted by atomic mass is 10.0. The van der Waals surface area contributed by atoms with E-state index < -0.39 is 15.6 Å². The number of aliphatic hydroxyl groups excluding tert-OH is 1. The zero-order chi connectivity index (χ0) is 14.8. The van der Waals surface area contributed by atoms with Gasteiger partial charge < -0.3 is 10.8 Å². The van der Waals surface area contributed by atoms with Crippen molar-refractivity contribution >= 4 is 38.9 Å². The number of aliphatic hydroxyl groups is 1. The van der Waals surface area contributed by atoms with Gasteiger partial charge in [0.15, 0.2) is 0 Å². The molecule has 1 rings (SSSR count). The summed E-state index contributed by atoms with van der Waals surface area (Å²) < 4.78 is 27.0. The minimum Gasteiger partial charge on any atom is -0.398 e. The molecule has 0 atom stereocenters. The number of sulfonamides is 1. The molecule has 0 unspecified atom stereocenters. The molecule has 0 saturated carbocycles. The largest absolute Gasteiger partial charge is 0.398 e. The molecule has 0 fully saturated rings. The van der Waals surface area contributed by atoms with Gasteiger partial charge in [-0.1, -0.05) is 23.2 Å². The van der Waals surface area contributed by atoms with Crippen LogP contribution in [-0.2, 0) is 10.0 Å². The van der Waals surface area contributed by atoms with Gasteiger partial charge >= 0.3 is 0 Å². The highest BCUT2D eigenvalue weighted by molar-refractivity contribution is 7.89. The number of hydrogen-bond donors (Lipinski definition) is 3. The van der Waals surface area contributed by atoms with Crippen LogP contribution in [0.4, 0.5) is 5.69 Å². The molecule has 0 aliphatic carbocycles. The van der Waals surface area contributed by atoms with Crippen molar-refractivity contribution in [2.45, 2.75) is 30.7 Å². The first kappa shape index (κ1) is 16.5. The average Bonchev–Trinajstić information content (AvgIpc) is 2.11. The van der Waals surface area contributed by atoms with Gasteiger partial charge in [-0.05, 0) is 32.4 Å². The maximum Gasteiger partial charge on any atom is 0.244 e. The maximum atomic E-state index is 12.3. The van der Waals surface area contributed by atoms with Crippen LogP contribution in [0.2, 0.25) is 10.0 Å². The lowest BCUT2D eigenvalue weighted by Gasteiger charge is -2.25. The summed E-state index contributed by atoms with van der Waals surface area (Å²) in [5, 5.41) is 9.13. The lowest BCUT2D eigenvalue weighted by Crippen LogP contribution is -2.44. The average molecular weight is 327 g/mol. The monoisotopic (exact) mass is 326 g/mol. The summed E-state index contributed by atoms with van der Waals surface area (Å²) in [7, 11) is -3.89. The van der Waals surface area contributed by atoms with Crippen molar-refractivity contribution in [2.75, 3.05) is 12.3 Å². The van der Waals surface area contributed by atoms with Gasteiger partial charge in [0, 0.05) is 17.2 Å². The zero-order valence-corrected chi connectivity index (χ0v) is 12.9. The number of nitrogens with one attached hydrogen (secondary N) is 1. The summed E-state index contributed by atoms with van der Waals surface area (Å²) >= 11 is 11.6. The van der Waals surface area contributed by atoms with E-state index in [1.54, 1.807) is 13.8 Å². The van der Waals surface area contributed by atoms with Crippen molar-refractivity contribution in [3.05, 3.63) is 22.2 Å². The van der Waals surface area contributed by atoms with Crippen LogP contribution in [0, 0.1) is 0 Å². The normalized spacial score (nSPS) is 12.7. The smallest absolute Gasteiger partial charge is 0.244 e. The van der Waals surface area contributed by atoms with Crippen LogP contribution in [-0.4, -0.2) is 25.7 Å². The van der Waals surface area contributed by atoms with Gasteiger partial charge in [-0.15, -0.1) is 0 Å². The van der Waals surface area contributed by atoms with E-state index in [0.29, 0.717) is 0 Å². The molecule has 1 aromatic carbocycles. The van der Waals surface area contributed by atoms with Crippen LogP contribution in [0.15, 0.2) is 17.0 Å². The third kappa shape index (κ3) is 4.22. The number of halogens is 2. The number of anilines is 1. The molecule has 0 spiro atoms. The predicted octanol–water partition coefficient (Wildman–Crippen LogP) is 2.01. The van der Waals surface area contributed by atoms with Crippen molar-refractivity contribution < 1.29 is 13.5 Å². The molecule has 0 aliphatic rings. The van der Waals surface area contributed by atoms with Crippen LogP contribution in [0.5, 0.6) is 0 Å². The Kier molecular flexibility index (Phi) is 5.08. The second-order valence-electron chi connectivity index (χ2n) is 4.77. The number of nitrogens with two attached hydrogens (primary N) is 1. The predicted molar refractivity (Wildman–Crippen MR) is 77.0 cm³/mol. The molecule has 0 aliphatic heterocycles. The minimum absolute atomic E-state index is 0.0233. The Labute approximate surface area is 122 Å². The maximum absolute atomic E-state index is 12.3. The molecule has 5 nitrogen and oxygen atoms in total. The molecule has 19 heavy (non-hydrogen) atoms. The standard InChI is InChI=1S/C11H16Cl2N2O3S/c1-11(2,3-4-16)15-19(17,18)10-8(13)5-7(12)6-9(10)14/h5-6,15-16H,3-4,14H2,1-2H3. The van der Waals surface area contributed by atoms with Gasteiger partial charge in [0.2, 0.25) is 10.0 Å². The fourth-order valence-corrected chi connectivity index (χ4v) is 4.04. The molecule has 0 radical (unpaired) electrons. The van der Waals surface area contributed by atoms with Crippen molar-refractivity contribution in [2.24, 2.45) is 0 Å². The Morgan fingerprint density at radius 1 is 1.37 bits per heavy atom. The highest BCUT2D eigenvalue weighted by atomic mass is 35.5. The van der Waals surface area contributed by atoms with E-state index in [1.807, 2.05) is 0 Å². The topological polar surface area (TPSA) is 92.4 Å². The summed E-state index contributed by atoms with van der Waals surface area (Å²) in [5.74, 6) is 0. The fraction of sp³-hybridized carbons (Fsp3) is 0.455. The highest BCUT2D eigenvalue weighted by Gasteiger charge is 2.29. The van der Waals surface area contributed by atoms with Crippen LogP contribution in [0.3, 0.4) is 0 Å². The Morgan fingerprint density at radius 3 is 2.42 bits per heavy atom. The molecule has 108 valence electrons. The van der Waals surface area contributed by atoms with E-state index in [0.717, 1.165) is 0 Å². The van der Waals surface area contributed by atoms with Gasteiger partial charge in [-0.2, -0.15) is 0 Å². The van der Waals surface area contributed by atoms with Gasteiger partial charge in [0.25, 0.3) is 0 Å². The Balaban J connectivity index is 3.22. The molecule has 0 heterocycles. The van der Waals surface area contributed by atoms with E-state index in [2.05, 4.69) is 4.72 Å². The first-order valence-corrected chi connectivity index (χ1v) is 7.72.